The van der Waals surface area contributed by atoms with Crippen molar-refractivity contribution in [2.24, 2.45) is 0 Å². The number of nitrogens with zero attached hydrogens (tertiary/aromatic N) is 4. The van der Waals surface area contributed by atoms with Crippen molar-refractivity contribution in [2.45, 2.75) is 19.9 Å². The average Bonchev–Trinajstić information content (AvgIpc) is 3.33. The van der Waals surface area contributed by atoms with Crippen LogP contribution in [0.2, 0.25) is 0 Å². The quantitative estimate of drug-likeness (QED) is 0.643. The molecule has 3 heterocycles. The molecule has 3 aromatic rings. The lowest BCUT2D eigenvalue weighted by atomic mass is 10.2. The second-order valence-electron chi connectivity index (χ2n) is 7.00. The minimum Gasteiger partial charge on any atom is -0.423 e. The van der Waals surface area contributed by atoms with Gasteiger partial charge in [0.2, 0.25) is 0 Å². The fourth-order valence-corrected chi connectivity index (χ4v) is 3.35. The van der Waals surface area contributed by atoms with Crippen LogP contribution in [0.5, 0.6) is 0 Å². The van der Waals surface area contributed by atoms with E-state index in [1.54, 1.807) is 24.4 Å². The molecule has 1 saturated heterocycles. The van der Waals surface area contributed by atoms with Crippen LogP contribution < -0.4 is 15.1 Å². The molecule has 1 aromatic carbocycles. The zero-order valence-electron chi connectivity index (χ0n) is 16.6. The van der Waals surface area contributed by atoms with E-state index in [0.29, 0.717) is 30.9 Å². The Balaban J connectivity index is 1.64. The summed E-state index contributed by atoms with van der Waals surface area (Å²) in [4.78, 5) is 24.4. The maximum Gasteiger partial charge on any atom is 0.323 e. The second kappa shape index (κ2) is 7.92. The summed E-state index contributed by atoms with van der Waals surface area (Å²) in [5.74, 6) is 1.17. The van der Waals surface area contributed by atoms with E-state index in [9.17, 15) is 4.79 Å². The summed E-state index contributed by atoms with van der Waals surface area (Å²) >= 11 is 0. The van der Waals surface area contributed by atoms with Crippen LogP contribution in [0.15, 0.2) is 53.2 Å². The van der Waals surface area contributed by atoms with Crippen molar-refractivity contribution < 1.29 is 13.9 Å². The molecule has 1 N–H and O–H groups in total. The average molecular weight is 393 g/mol. The molecule has 0 spiro atoms. The molecule has 0 saturated carbocycles. The molecule has 1 fully saturated rings. The number of methoxy groups -OCH3 is 1. The van der Waals surface area contributed by atoms with Crippen molar-refractivity contribution >= 4 is 23.6 Å². The summed E-state index contributed by atoms with van der Waals surface area (Å²) in [7, 11) is 1.63. The van der Waals surface area contributed by atoms with Crippen LogP contribution in [-0.4, -0.2) is 42.4 Å². The molecule has 150 valence electrons. The van der Waals surface area contributed by atoms with Crippen LogP contribution in [0.1, 0.15) is 12.5 Å². The molecule has 1 unspecified atom stereocenters. The summed E-state index contributed by atoms with van der Waals surface area (Å²) in [5.41, 5.74) is 2.84. The van der Waals surface area contributed by atoms with Gasteiger partial charge in [0, 0.05) is 31.5 Å². The number of rotatable bonds is 6. The van der Waals surface area contributed by atoms with Crippen LogP contribution in [0.4, 0.5) is 22.3 Å². The number of hydrogen-bond donors (Lipinski definition) is 1. The molecule has 2 aromatic heterocycles. The van der Waals surface area contributed by atoms with Crippen molar-refractivity contribution in [2.75, 3.05) is 30.2 Å². The number of pyridine rings is 1. The number of oxazole rings is 1. The zero-order valence-corrected chi connectivity index (χ0v) is 16.6. The first-order chi connectivity index (χ1) is 14.1. The minimum atomic E-state index is -0.147. The number of benzene rings is 1. The Morgan fingerprint density at radius 2 is 2.14 bits per heavy atom. The maximum atomic E-state index is 12.1. The second-order valence-corrected chi connectivity index (χ2v) is 7.00. The van der Waals surface area contributed by atoms with E-state index in [1.807, 2.05) is 55.1 Å². The smallest absolute Gasteiger partial charge is 0.323 e. The van der Waals surface area contributed by atoms with E-state index >= 15 is 0 Å². The Morgan fingerprint density at radius 1 is 1.31 bits per heavy atom. The molecule has 1 atom stereocenters. The monoisotopic (exact) mass is 393 g/mol. The number of aromatic nitrogens is 2. The van der Waals surface area contributed by atoms with Gasteiger partial charge in [-0.3, -0.25) is 9.80 Å². The summed E-state index contributed by atoms with van der Waals surface area (Å²) in [6.45, 7) is 4.86. The third-order valence-corrected chi connectivity index (χ3v) is 4.77. The molecule has 1 aliphatic heterocycles. The zero-order chi connectivity index (χ0) is 20.4. The number of carbonyl (C=O) groups excluding carboxylic acids is 1. The Labute approximate surface area is 169 Å². The van der Waals surface area contributed by atoms with Crippen molar-refractivity contribution in [3.05, 3.63) is 54.4 Å². The largest absolute Gasteiger partial charge is 0.423 e. The maximum absolute atomic E-state index is 12.1. The SMILES string of the molecule is COCN(c1ncc(-c2ccnc(N3CC(C)NC3=O)c2)o1)c1ccccc1C. The number of aryl methyl sites for hydroxylation is 1. The van der Waals surface area contributed by atoms with Crippen LogP contribution in [0, 0.1) is 6.92 Å². The van der Waals surface area contributed by atoms with Gasteiger partial charge in [-0.15, -0.1) is 0 Å². The van der Waals surface area contributed by atoms with Gasteiger partial charge in [0.05, 0.1) is 11.9 Å². The van der Waals surface area contributed by atoms with Crippen molar-refractivity contribution in [1.82, 2.24) is 15.3 Å². The van der Waals surface area contributed by atoms with Crippen LogP contribution >= 0.6 is 0 Å². The van der Waals surface area contributed by atoms with E-state index in [0.717, 1.165) is 16.8 Å². The molecule has 1 aliphatic rings. The molecule has 8 heteroatoms. The van der Waals surface area contributed by atoms with Gasteiger partial charge in [-0.2, -0.15) is 0 Å². The van der Waals surface area contributed by atoms with Gasteiger partial charge in [0.25, 0.3) is 0 Å². The Bertz CT molecular complexity index is 1020. The molecule has 0 aliphatic carbocycles. The fraction of sp³-hybridized carbons (Fsp3) is 0.286. The topological polar surface area (TPSA) is 83.7 Å². The van der Waals surface area contributed by atoms with Crippen LogP contribution in [-0.2, 0) is 4.74 Å². The van der Waals surface area contributed by atoms with Gasteiger partial charge >= 0.3 is 12.0 Å². The van der Waals surface area contributed by atoms with E-state index in [1.165, 1.54) is 0 Å². The molecule has 8 nitrogen and oxygen atoms in total. The van der Waals surface area contributed by atoms with Gasteiger partial charge in [-0.25, -0.2) is 14.8 Å². The van der Waals surface area contributed by atoms with E-state index < -0.39 is 0 Å². The molecule has 2 amide bonds. The Morgan fingerprint density at radius 3 is 2.86 bits per heavy atom. The standard InChI is InChI=1S/C21H23N5O3/c1-14-6-4-5-7-17(14)26(13-28-3)21-23-11-18(29-21)16-8-9-22-19(10-16)25-12-15(2)24-20(25)27/h4-11,15H,12-13H2,1-3H3,(H,24,27). The Hall–Kier alpha value is -3.39. The first kappa shape index (κ1) is 18.9. The van der Waals surface area contributed by atoms with Gasteiger partial charge < -0.3 is 14.5 Å². The number of ether oxygens (including phenoxy) is 1. The van der Waals surface area contributed by atoms with E-state index in [-0.39, 0.29) is 12.1 Å². The first-order valence-electron chi connectivity index (χ1n) is 9.39. The molecule has 0 radical (unpaired) electrons. The highest BCUT2D eigenvalue weighted by Crippen LogP contribution is 2.32. The number of nitrogens with one attached hydrogen (secondary N) is 1. The molecule has 4 rings (SSSR count). The number of amides is 2. The number of carbonyl (C=O) groups is 1. The van der Waals surface area contributed by atoms with E-state index in [2.05, 4.69) is 15.3 Å². The van der Waals surface area contributed by atoms with Crippen molar-refractivity contribution in [1.29, 1.82) is 0 Å². The summed E-state index contributed by atoms with van der Waals surface area (Å²) in [6.07, 6.45) is 3.33. The number of para-hydroxylation sites is 1. The van der Waals surface area contributed by atoms with Crippen molar-refractivity contribution in [3.8, 4) is 11.3 Å². The van der Waals surface area contributed by atoms with Gasteiger partial charge in [-0.05, 0) is 37.6 Å². The van der Waals surface area contributed by atoms with Crippen LogP contribution in [0.25, 0.3) is 11.3 Å². The van der Waals surface area contributed by atoms with Crippen LogP contribution in [0.3, 0.4) is 0 Å². The minimum absolute atomic E-state index is 0.0848. The lowest BCUT2D eigenvalue weighted by Gasteiger charge is -2.21. The molecular weight excluding hydrogens is 370 g/mol. The summed E-state index contributed by atoms with van der Waals surface area (Å²) < 4.78 is 11.4. The lowest BCUT2D eigenvalue weighted by molar-refractivity contribution is 0.202. The fourth-order valence-electron chi connectivity index (χ4n) is 3.35. The van der Waals surface area contributed by atoms with Gasteiger partial charge in [0.15, 0.2) is 5.76 Å². The highest BCUT2D eigenvalue weighted by atomic mass is 16.5. The molecule has 29 heavy (non-hydrogen) atoms. The predicted molar refractivity (Wildman–Crippen MR) is 110 cm³/mol. The van der Waals surface area contributed by atoms with Gasteiger partial charge in [0.1, 0.15) is 12.5 Å². The highest BCUT2D eigenvalue weighted by molar-refractivity contribution is 5.94. The Kier molecular flexibility index (Phi) is 5.18. The summed E-state index contributed by atoms with van der Waals surface area (Å²) in [5, 5.41) is 2.87. The third kappa shape index (κ3) is 3.79. The lowest BCUT2D eigenvalue weighted by Crippen LogP contribution is -2.28. The van der Waals surface area contributed by atoms with E-state index in [4.69, 9.17) is 9.15 Å². The molecule has 0 bridgehead atoms. The van der Waals surface area contributed by atoms with Gasteiger partial charge in [-0.1, -0.05) is 18.2 Å². The number of hydrogen-bond acceptors (Lipinski definition) is 6. The predicted octanol–water partition coefficient (Wildman–Crippen LogP) is 3.71. The number of urea groups is 1. The normalized spacial score (nSPS) is 16.2. The third-order valence-electron chi connectivity index (χ3n) is 4.77. The first-order valence-corrected chi connectivity index (χ1v) is 9.39. The number of anilines is 3. The molecular formula is C21H23N5O3. The van der Waals surface area contributed by atoms with Crippen molar-refractivity contribution in [3.63, 3.8) is 0 Å². The highest BCUT2D eigenvalue weighted by Gasteiger charge is 2.28. The summed E-state index contributed by atoms with van der Waals surface area (Å²) in [6, 6.07) is 12.0.